The molecule has 1 aliphatic carbocycles. The van der Waals surface area contributed by atoms with Gasteiger partial charge >= 0.3 is 0 Å². The molecule has 1 atom stereocenters. The van der Waals surface area contributed by atoms with Crippen LogP contribution in [0.25, 0.3) is 39.5 Å². The molecule has 0 saturated carbocycles. The Bertz CT molecular complexity index is 2200. The summed E-state index contributed by atoms with van der Waals surface area (Å²) in [7, 11) is 1.65. The standard InChI is InChI=1S/C40H36F2N4O2/c1-40(2,3)27-20-26(19-24-9-16-30(48-4)17-10-24)37-32(21-27)36(31-7-5-6-8-33(31)44-37)39(47)43-22-34-38(25-11-13-28(41)14-12-25)45-35-18-15-29(42)23-46(34)35/h5-19,23,27H,20-22H2,1-4H3,(H,43,47)/b26-19-. The number of carbonyl (C=O) groups excluding carboxylic acids is 1. The number of imidazole rings is 1. The molecule has 1 amide bonds. The average molecular weight is 643 g/mol. The summed E-state index contributed by atoms with van der Waals surface area (Å²) in [6.45, 7) is 6.78. The number of carbonyl (C=O) groups is 1. The first-order chi connectivity index (χ1) is 23.1. The third-order valence-corrected chi connectivity index (χ3v) is 9.34. The van der Waals surface area contributed by atoms with E-state index in [2.05, 4.69) is 32.2 Å². The minimum Gasteiger partial charge on any atom is -0.497 e. The van der Waals surface area contributed by atoms with Crippen molar-refractivity contribution in [3.63, 3.8) is 0 Å². The van der Waals surface area contributed by atoms with Gasteiger partial charge in [-0.2, -0.15) is 0 Å². The number of rotatable bonds is 6. The largest absolute Gasteiger partial charge is 0.497 e. The Hall–Kier alpha value is -5.37. The van der Waals surface area contributed by atoms with Gasteiger partial charge in [0.15, 0.2) is 0 Å². The number of nitrogens with zero attached hydrogens (tertiary/aromatic N) is 3. The van der Waals surface area contributed by atoms with E-state index in [0.29, 0.717) is 34.6 Å². The van der Waals surface area contributed by atoms with Crippen molar-refractivity contribution in [3.05, 3.63) is 131 Å². The number of hydrogen-bond acceptors (Lipinski definition) is 4. The van der Waals surface area contributed by atoms with E-state index < -0.39 is 5.82 Å². The minimum absolute atomic E-state index is 0.0271. The van der Waals surface area contributed by atoms with Gasteiger partial charge in [0.25, 0.3) is 5.91 Å². The summed E-state index contributed by atoms with van der Waals surface area (Å²) < 4.78 is 35.3. The van der Waals surface area contributed by atoms with Gasteiger partial charge in [0.1, 0.15) is 23.0 Å². The summed E-state index contributed by atoms with van der Waals surface area (Å²) in [5.41, 5.74) is 7.47. The van der Waals surface area contributed by atoms with E-state index in [0.717, 1.165) is 45.5 Å². The number of pyridine rings is 2. The van der Waals surface area contributed by atoms with Gasteiger partial charge in [-0.1, -0.05) is 51.1 Å². The molecule has 6 aromatic rings. The first-order valence-electron chi connectivity index (χ1n) is 16.1. The van der Waals surface area contributed by atoms with Crippen molar-refractivity contribution in [2.75, 3.05) is 7.11 Å². The highest BCUT2D eigenvalue weighted by molar-refractivity contribution is 6.09. The lowest BCUT2D eigenvalue weighted by molar-refractivity contribution is 0.0950. The maximum Gasteiger partial charge on any atom is 0.252 e. The van der Waals surface area contributed by atoms with Crippen LogP contribution in [0.3, 0.4) is 0 Å². The third-order valence-electron chi connectivity index (χ3n) is 9.34. The number of para-hydroxylation sites is 1. The topological polar surface area (TPSA) is 68.5 Å². The van der Waals surface area contributed by atoms with Crippen LogP contribution in [0.15, 0.2) is 91.1 Å². The molecule has 3 heterocycles. The van der Waals surface area contributed by atoms with Crippen molar-refractivity contribution < 1.29 is 18.3 Å². The second-order valence-corrected chi connectivity index (χ2v) is 13.4. The van der Waals surface area contributed by atoms with Crippen LogP contribution in [0.2, 0.25) is 0 Å². The number of halogens is 2. The Morgan fingerprint density at radius 1 is 0.917 bits per heavy atom. The van der Waals surface area contributed by atoms with Crippen molar-refractivity contribution in [1.29, 1.82) is 0 Å². The fourth-order valence-electron chi connectivity index (χ4n) is 6.62. The van der Waals surface area contributed by atoms with Crippen molar-refractivity contribution in [2.45, 2.75) is 40.2 Å². The highest BCUT2D eigenvalue weighted by atomic mass is 19.1. The van der Waals surface area contributed by atoms with E-state index in [-0.39, 0.29) is 29.6 Å². The van der Waals surface area contributed by atoms with Crippen LogP contribution in [0.1, 0.15) is 60.1 Å². The van der Waals surface area contributed by atoms with Gasteiger partial charge in [0, 0.05) is 17.1 Å². The zero-order chi connectivity index (χ0) is 33.6. The number of fused-ring (bicyclic) bond motifs is 3. The van der Waals surface area contributed by atoms with E-state index in [9.17, 15) is 13.6 Å². The number of amides is 1. The van der Waals surface area contributed by atoms with Crippen molar-refractivity contribution in [3.8, 4) is 17.0 Å². The van der Waals surface area contributed by atoms with Crippen LogP contribution in [0, 0.1) is 23.0 Å². The molecule has 48 heavy (non-hydrogen) atoms. The van der Waals surface area contributed by atoms with Gasteiger partial charge in [-0.05, 0) is 102 Å². The lowest BCUT2D eigenvalue weighted by atomic mass is 9.69. The number of benzene rings is 3. The van der Waals surface area contributed by atoms with Crippen LogP contribution in [-0.2, 0) is 13.0 Å². The second-order valence-electron chi connectivity index (χ2n) is 13.4. The first-order valence-corrected chi connectivity index (χ1v) is 16.1. The Labute approximate surface area is 278 Å². The number of aromatic nitrogens is 3. The molecular formula is C40H36F2N4O2. The van der Waals surface area contributed by atoms with Crippen molar-refractivity contribution in [2.24, 2.45) is 11.3 Å². The Kier molecular flexibility index (Phi) is 8.03. The lowest BCUT2D eigenvalue weighted by Crippen LogP contribution is -2.31. The normalized spacial score (nSPS) is 15.5. The molecule has 1 unspecified atom stereocenters. The lowest BCUT2D eigenvalue weighted by Gasteiger charge is -2.37. The molecule has 3 aromatic carbocycles. The molecule has 6 nitrogen and oxygen atoms in total. The first kappa shape index (κ1) is 31.2. The van der Waals surface area contributed by atoms with E-state index >= 15 is 0 Å². The highest BCUT2D eigenvalue weighted by Crippen LogP contribution is 2.45. The molecule has 0 saturated heterocycles. The molecule has 0 fully saturated rings. The zero-order valence-corrected chi connectivity index (χ0v) is 27.4. The fraction of sp³-hybridized carbons (Fsp3) is 0.225. The second kappa shape index (κ2) is 12.3. The number of methoxy groups -OCH3 is 1. The predicted molar refractivity (Wildman–Crippen MR) is 186 cm³/mol. The van der Waals surface area contributed by atoms with Crippen molar-refractivity contribution in [1.82, 2.24) is 19.7 Å². The maximum absolute atomic E-state index is 14.5. The molecule has 7 rings (SSSR count). The Morgan fingerprint density at radius 3 is 2.38 bits per heavy atom. The summed E-state index contributed by atoms with van der Waals surface area (Å²) >= 11 is 0. The summed E-state index contributed by atoms with van der Waals surface area (Å²) in [5, 5.41) is 3.92. The molecule has 0 aliphatic heterocycles. The Morgan fingerprint density at radius 2 is 1.65 bits per heavy atom. The predicted octanol–water partition coefficient (Wildman–Crippen LogP) is 8.92. The molecular weight excluding hydrogens is 606 g/mol. The molecule has 8 heteroatoms. The molecule has 1 aliphatic rings. The number of nitrogens with one attached hydrogen (secondary N) is 1. The van der Waals surface area contributed by atoms with E-state index in [1.165, 1.54) is 24.4 Å². The van der Waals surface area contributed by atoms with Crippen LogP contribution < -0.4 is 10.1 Å². The summed E-state index contributed by atoms with van der Waals surface area (Å²) in [4.78, 5) is 24.4. The van der Waals surface area contributed by atoms with E-state index in [1.54, 1.807) is 29.7 Å². The van der Waals surface area contributed by atoms with Crippen LogP contribution in [-0.4, -0.2) is 27.4 Å². The number of hydrogen-bond donors (Lipinski definition) is 1. The third kappa shape index (κ3) is 5.94. The van der Waals surface area contributed by atoms with Crippen LogP contribution >= 0.6 is 0 Å². The summed E-state index contributed by atoms with van der Waals surface area (Å²) in [5.74, 6) is -0.00738. The molecule has 0 radical (unpaired) electrons. The zero-order valence-electron chi connectivity index (χ0n) is 27.4. The monoisotopic (exact) mass is 642 g/mol. The fourth-order valence-corrected chi connectivity index (χ4v) is 6.62. The van der Waals surface area contributed by atoms with Gasteiger partial charge in [0.05, 0.1) is 41.8 Å². The quantitative estimate of drug-likeness (QED) is 0.197. The smallest absolute Gasteiger partial charge is 0.252 e. The SMILES string of the molecule is COc1ccc(/C=C2/CC(C(C)(C)C)Cc3c2nc2ccccc2c3C(=O)NCc2c(-c3ccc(F)cc3)nc3ccc(F)cn23)cc1. The molecule has 1 N–H and O–H groups in total. The molecule has 3 aromatic heterocycles. The van der Waals surface area contributed by atoms with Crippen LogP contribution in [0.5, 0.6) is 5.75 Å². The average Bonchev–Trinajstić information content (AvgIpc) is 3.43. The highest BCUT2D eigenvalue weighted by Gasteiger charge is 2.35. The van der Waals surface area contributed by atoms with E-state index in [4.69, 9.17) is 14.7 Å². The van der Waals surface area contributed by atoms with Gasteiger partial charge in [0.2, 0.25) is 0 Å². The van der Waals surface area contributed by atoms with Crippen molar-refractivity contribution >= 4 is 34.1 Å². The summed E-state index contributed by atoms with van der Waals surface area (Å²) in [6.07, 6.45) is 5.04. The molecule has 0 spiro atoms. The molecule has 242 valence electrons. The summed E-state index contributed by atoms with van der Waals surface area (Å²) in [6, 6.07) is 24.6. The molecule has 0 bridgehead atoms. The Balaban J connectivity index is 1.34. The number of allylic oxidation sites excluding steroid dienone is 1. The maximum atomic E-state index is 14.5. The van der Waals surface area contributed by atoms with Crippen LogP contribution in [0.4, 0.5) is 8.78 Å². The van der Waals surface area contributed by atoms with Gasteiger partial charge < -0.3 is 10.1 Å². The number of ether oxygens (including phenoxy) is 1. The minimum atomic E-state index is -0.434. The van der Waals surface area contributed by atoms with E-state index in [1.807, 2.05) is 48.5 Å². The van der Waals surface area contributed by atoms with Gasteiger partial charge in [-0.25, -0.2) is 18.7 Å². The van der Waals surface area contributed by atoms with Gasteiger partial charge in [-0.3, -0.25) is 9.20 Å². The van der Waals surface area contributed by atoms with Gasteiger partial charge in [-0.15, -0.1) is 0 Å².